The largest absolute Gasteiger partial charge is 0.545 e. The van der Waals surface area contributed by atoms with Crippen LogP contribution < -0.4 is 5.11 Å². The number of aromatic nitrogens is 2. The second-order valence-electron chi connectivity index (χ2n) is 3.33. The van der Waals surface area contributed by atoms with Crippen LogP contribution in [0.5, 0.6) is 0 Å². The number of hydrogen-bond acceptors (Lipinski definition) is 6. The lowest BCUT2D eigenvalue weighted by Crippen LogP contribution is -2.27. The fraction of sp³-hybridized carbons (Fsp3) is 0.444. The summed E-state index contributed by atoms with van der Waals surface area (Å²) in [6, 6.07) is 0. The molecule has 1 rings (SSSR count). The maximum atomic E-state index is 11.2. The third-order valence-corrected chi connectivity index (χ3v) is 2.86. The second kappa shape index (κ2) is 4.17. The number of hydrogen-bond donors (Lipinski definition) is 0. The van der Waals surface area contributed by atoms with Gasteiger partial charge in [-0.15, -0.1) is 0 Å². The van der Waals surface area contributed by atoms with Crippen LogP contribution in [-0.4, -0.2) is 30.6 Å². The van der Waals surface area contributed by atoms with Crippen molar-refractivity contribution >= 4 is 15.8 Å². The standard InChI is InChI=1S/C9H12N2O4S/c1-4-6-7(8(12)13)5(2)10-9(11-6)16(3,14)15/h4H2,1-3H3,(H,12,13)/p-1. The molecule has 0 unspecified atom stereocenters. The highest BCUT2D eigenvalue weighted by atomic mass is 32.2. The molecule has 0 aliphatic rings. The lowest BCUT2D eigenvalue weighted by molar-refractivity contribution is -0.255. The molecule has 1 heterocycles. The molecule has 0 spiro atoms. The van der Waals surface area contributed by atoms with E-state index in [0.717, 1.165) is 6.26 Å². The number of aromatic carboxylic acids is 1. The molecule has 0 radical (unpaired) electrons. The first-order valence-corrected chi connectivity index (χ1v) is 6.45. The summed E-state index contributed by atoms with van der Waals surface area (Å²) in [5, 5.41) is 10.5. The average Bonchev–Trinajstić information content (AvgIpc) is 2.14. The lowest BCUT2D eigenvalue weighted by atomic mass is 10.1. The number of carboxylic acid groups (broad SMARTS) is 1. The van der Waals surface area contributed by atoms with E-state index in [4.69, 9.17) is 0 Å². The van der Waals surface area contributed by atoms with E-state index in [2.05, 4.69) is 9.97 Å². The van der Waals surface area contributed by atoms with Crippen LogP contribution in [0.15, 0.2) is 5.16 Å². The summed E-state index contributed by atoms with van der Waals surface area (Å²) in [5.41, 5.74) is 0.148. The Morgan fingerprint density at radius 3 is 2.31 bits per heavy atom. The normalized spacial score (nSPS) is 11.4. The van der Waals surface area contributed by atoms with Gasteiger partial charge < -0.3 is 9.90 Å². The Bertz CT molecular complexity index is 537. The molecule has 0 aliphatic heterocycles. The van der Waals surface area contributed by atoms with Crippen molar-refractivity contribution in [2.75, 3.05) is 6.26 Å². The van der Waals surface area contributed by atoms with Crippen molar-refractivity contribution in [3.63, 3.8) is 0 Å². The van der Waals surface area contributed by atoms with Crippen molar-refractivity contribution in [3.8, 4) is 0 Å². The third kappa shape index (κ3) is 2.35. The summed E-state index contributed by atoms with van der Waals surface area (Å²) in [5.74, 6) is -1.39. The van der Waals surface area contributed by atoms with Crippen molar-refractivity contribution in [1.82, 2.24) is 9.97 Å². The van der Waals surface area contributed by atoms with E-state index >= 15 is 0 Å². The lowest BCUT2D eigenvalue weighted by Gasteiger charge is -2.11. The van der Waals surface area contributed by atoms with Gasteiger partial charge in [0.15, 0.2) is 0 Å². The Kier molecular flexibility index (Phi) is 3.27. The van der Waals surface area contributed by atoms with E-state index in [-0.39, 0.29) is 22.1 Å². The quantitative estimate of drug-likeness (QED) is 0.639. The number of nitrogens with zero attached hydrogens (tertiary/aromatic N) is 2. The first kappa shape index (κ1) is 12.6. The van der Waals surface area contributed by atoms with E-state index in [1.54, 1.807) is 6.92 Å². The van der Waals surface area contributed by atoms with Crippen LogP contribution in [0.1, 0.15) is 28.7 Å². The molecule has 0 amide bonds. The van der Waals surface area contributed by atoms with Gasteiger partial charge in [-0.1, -0.05) is 6.92 Å². The predicted molar refractivity (Wildman–Crippen MR) is 53.6 cm³/mol. The van der Waals surface area contributed by atoms with Gasteiger partial charge in [0.05, 0.1) is 17.4 Å². The highest BCUT2D eigenvalue weighted by Crippen LogP contribution is 2.13. The van der Waals surface area contributed by atoms with Crippen LogP contribution in [0.4, 0.5) is 0 Å². The maximum Gasteiger partial charge on any atom is 0.247 e. The minimum Gasteiger partial charge on any atom is -0.545 e. The molecule has 0 fully saturated rings. The van der Waals surface area contributed by atoms with E-state index in [1.807, 2.05) is 0 Å². The van der Waals surface area contributed by atoms with Crippen molar-refractivity contribution < 1.29 is 18.3 Å². The first-order valence-electron chi connectivity index (χ1n) is 4.56. The van der Waals surface area contributed by atoms with Crippen LogP contribution in [0.3, 0.4) is 0 Å². The molecule has 0 saturated carbocycles. The van der Waals surface area contributed by atoms with Gasteiger partial charge in [0, 0.05) is 11.8 Å². The molecule has 1 aromatic heterocycles. The van der Waals surface area contributed by atoms with Crippen molar-refractivity contribution in [1.29, 1.82) is 0 Å². The zero-order valence-electron chi connectivity index (χ0n) is 9.14. The minimum atomic E-state index is -3.54. The van der Waals surface area contributed by atoms with Gasteiger partial charge in [-0.3, -0.25) is 0 Å². The summed E-state index contributed by atoms with van der Waals surface area (Å²) < 4.78 is 22.5. The molecule has 0 N–H and O–H groups in total. The predicted octanol–water partition coefficient (Wildman–Crippen LogP) is -0.886. The molecule has 16 heavy (non-hydrogen) atoms. The van der Waals surface area contributed by atoms with Gasteiger partial charge in [0.2, 0.25) is 15.0 Å². The molecule has 0 atom stereocenters. The Hall–Kier alpha value is -1.50. The molecule has 6 nitrogen and oxygen atoms in total. The monoisotopic (exact) mass is 243 g/mol. The number of rotatable bonds is 3. The van der Waals surface area contributed by atoms with Crippen molar-refractivity contribution in [2.24, 2.45) is 0 Å². The third-order valence-electron chi connectivity index (χ3n) is 2.01. The second-order valence-corrected chi connectivity index (χ2v) is 5.24. The molecule has 88 valence electrons. The minimum absolute atomic E-state index is 0.104. The summed E-state index contributed by atoms with van der Waals surface area (Å²) in [4.78, 5) is 18.2. The van der Waals surface area contributed by atoms with Gasteiger partial charge in [-0.05, 0) is 13.3 Å². The molecule has 1 aromatic rings. The molecular weight excluding hydrogens is 232 g/mol. The fourth-order valence-electron chi connectivity index (χ4n) is 1.29. The molecule has 0 saturated heterocycles. The van der Waals surface area contributed by atoms with Crippen molar-refractivity contribution in [3.05, 3.63) is 17.0 Å². The topological polar surface area (TPSA) is 100 Å². The summed E-state index contributed by atoms with van der Waals surface area (Å²) in [6.07, 6.45) is 1.27. The summed E-state index contributed by atoms with van der Waals surface area (Å²) >= 11 is 0. The Morgan fingerprint density at radius 2 is 1.94 bits per heavy atom. The highest BCUT2D eigenvalue weighted by molar-refractivity contribution is 7.90. The van der Waals surface area contributed by atoms with Crippen molar-refractivity contribution in [2.45, 2.75) is 25.4 Å². The SMILES string of the molecule is CCc1nc(S(C)(=O)=O)nc(C)c1C(=O)[O-]. The molecule has 0 aromatic carbocycles. The highest BCUT2D eigenvalue weighted by Gasteiger charge is 2.17. The Morgan fingerprint density at radius 1 is 1.38 bits per heavy atom. The van der Waals surface area contributed by atoms with Crippen LogP contribution in [0, 0.1) is 6.92 Å². The Balaban J connectivity index is 3.56. The number of aryl methyl sites for hydroxylation is 2. The van der Waals surface area contributed by atoms with Crippen LogP contribution in [0.25, 0.3) is 0 Å². The molecule has 0 aliphatic carbocycles. The van der Waals surface area contributed by atoms with E-state index in [0.29, 0.717) is 6.42 Å². The van der Waals surface area contributed by atoms with Gasteiger partial charge in [-0.25, -0.2) is 18.4 Å². The zero-order valence-corrected chi connectivity index (χ0v) is 9.96. The van der Waals surface area contributed by atoms with Crippen LogP contribution >= 0.6 is 0 Å². The molecular formula is C9H11N2O4S-. The average molecular weight is 243 g/mol. The maximum absolute atomic E-state index is 11.2. The summed E-state index contributed by atoms with van der Waals surface area (Å²) in [7, 11) is -3.54. The Labute approximate surface area is 93.3 Å². The van der Waals surface area contributed by atoms with Gasteiger partial charge in [0.25, 0.3) is 0 Å². The smallest absolute Gasteiger partial charge is 0.247 e. The van der Waals surface area contributed by atoms with Gasteiger partial charge in [0.1, 0.15) is 0 Å². The van der Waals surface area contributed by atoms with E-state index in [9.17, 15) is 18.3 Å². The number of carbonyl (C=O) groups excluding carboxylic acids is 1. The number of carbonyl (C=O) groups is 1. The van der Waals surface area contributed by atoms with E-state index in [1.165, 1.54) is 6.92 Å². The van der Waals surface area contributed by atoms with Crippen LogP contribution in [-0.2, 0) is 16.3 Å². The number of sulfone groups is 1. The van der Waals surface area contributed by atoms with E-state index < -0.39 is 15.8 Å². The molecule has 7 heteroatoms. The first-order chi connectivity index (χ1) is 7.27. The zero-order chi connectivity index (χ0) is 12.5. The fourth-order valence-corrected chi connectivity index (χ4v) is 1.87. The number of carboxylic acids is 1. The van der Waals surface area contributed by atoms with Crippen LogP contribution in [0.2, 0.25) is 0 Å². The van der Waals surface area contributed by atoms with Gasteiger partial charge >= 0.3 is 0 Å². The van der Waals surface area contributed by atoms with Gasteiger partial charge in [-0.2, -0.15) is 0 Å². The molecule has 0 bridgehead atoms. The summed E-state index contributed by atoms with van der Waals surface area (Å²) in [6.45, 7) is 3.10.